The monoisotopic (exact) mass is 272 g/mol. The van der Waals surface area contributed by atoms with Crippen LogP contribution in [0, 0.1) is 0 Å². The van der Waals surface area contributed by atoms with E-state index in [-0.39, 0.29) is 5.25 Å². The van der Waals surface area contributed by atoms with Crippen LogP contribution in [0.4, 0.5) is 0 Å². The minimum atomic E-state index is -3.16. The molecule has 0 aliphatic carbocycles. The van der Waals surface area contributed by atoms with Crippen molar-refractivity contribution < 1.29 is 8.42 Å². The first-order valence-corrected chi connectivity index (χ1v) is 7.88. The maximum Gasteiger partial charge on any atom is 0.215 e. The van der Waals surface area contributed by atoms with Crippen molar-refractivity contribution >= 4 is 10.0 Å². The molecule has 1 aromatic heterocycles. The Morgan fingerprint density at radius 2 is 2.39 bits per heavy atom. The van der Waals surface area contributed by atoms with Gasteiger partial charge in [0, 0.05) is 32.0 Å². The van der Waals surface area contributed by atoms with Gasteiger partial charge in [-0.05, 0) is 25.8 Å². The van der Waals surface area contributed by atoms with Crippen molar-refractivity contribution in [2.75, 3.05) is 19.6 Å². The number of piperidine rings is 1. The molecule has 1 unspecified atom stereocenters. The Morgan fingerprint density at radius 1 is 1.50 bits per heavy atom. The lowest BCUT2D eigenvalue weighted by molar-refractivity contribution is 0.488. The summed E-state index contributed by atoms with van der Waals surface area (Å²) < 4.78 is 28.6. The Kier molecular flexibility index (Phi) is 4.73. The van der Waals surface area contributed by atoms with E-state index >= 15 is 0 Å². The smallest absolute Gasteiger partial charge is 0.215 e. The number of hydrogen-bond acceptors (Lipinski definition) is 4. The molecule has 0 spiro atoms. The zero-order valence-electron chi connectivity index (χ0n) is 10.4. The van der Waals surface area contributed by atoms with E-state index in [1.54, 1.807) is 12.5 Å². The van der Waals surface area contributed by atoms with Gasteiger partial charge < -0.3 is 9.88 Å². The van der Waals surface area contributed by atoms with Crippen LogP contribution in [0.3, 0.4) is 0 Å². The third kappa shape index (κ3) is 3.79. The average molecular weight is 272 g/mol. The molecule has 18 heavy (non-hydrogen) atoms. The van der Waals surface area contributed by atoms with Crippen LogP contribution in [0.1, 0.15) is 19.3 Å². The molecule has 0 amide bonds. The summed E-state index contributed by atoms with van der Waals surface area (Å²) in [6.07, 6.45) is 7.79. The van der Waals surface area contributed by atoms with Crippen molar-refractivity contribution in [3.63, 3.8) is 0 Å². The Hall–Kier alpha value is -0.920. The molecule has 2 N–H and O–H groups in total. The van der Waals surface area contributed by atoms with E-state index in [2.05, 4.69) is 15.0 Å². The number of imidazole rings is 1. The fraction of sp³-hybridized carbons (Fsp3) is 0.727. The predicted molar refractivity (Wildman–Crippen MR) is 69.7 cm³/mol. The summed E-state index contributed by atoms with van der Waals surface area (Å²) in [5, 5.41) is 2.84. The molecule has 0 aromatic carbocycles. The quantitative estimate of drug-likeness (QED) is 0.712. The molecular weight excluding hydrogens is 252 g/mol. The third-order valence-electron chi connectivity index (χ3n) is 3.15. The number of aromatic nitrogens is 2. The Labute approximate surface area is 108 Å². The second-order valence-electron chi connectivity index (χ2n) is 4.56. The standard InChI is InChI=1S/C11H20N4O2S/c16-18(17,11-3-1-4-12-9-11)14-5-2-7-15-8-6-13-10-15/h6,8,10-12,14H,1-5,7,9H2. The van der Waals surface area contributed by atoms with Gasteiger partial charge >= 0.3 is 0 Å². The highest BCUT2D eigenvalue weighted by molar-refractivity contribution is 7.90. The topological polar surface area (TPSA) is 76.0 Å². The highest BCUT2D eigenvalue weighted by atomic mass is 32.2. The van der Waals surface area contributed by atoms with Crippen molar-refractivity contribution in [3.05, 3.63) is 18.7 Å². The van der Waals surface area contributed by atoms with E-state index in [0.29, 0.717) is 13.1 Å². The molecular formula is C11H20N4O2S. The van der Waals surface area contributed by atoms with Gasteiger partial charge in [-0.15, -0.1) is 0 Å². The Balaban J connectivity index is 1.71. The van der Waals surface area contributed by atoms with Gasteiger partial charge in [-0.25, -0.2) is 18.1 Å². The van der Waals surface area contributed by atoms with Crippen molar-refractivity contribution in [2.45, 2.75) is 31.1 Å². The van der Waals surface area contributed by atoms with Gasteiger partial charge in [0.25, 0.3) is 0 Å². The summed E-state index contributed by atoms with van der Waals surface area (Å²) >= 11 is 0. The van der Waals surface area contributed by atoms with Crippen LogP contribution in [0.15, 0.2) is 18.7 Å². The summed E-state index contributed by atoms with van der Waals surface area (Å²) in [5.74, 6) is 0. The number of nitrogens with zero attached hydrogens (tertiary/aromatic N) is 2. The normalized spacial score (nSPS) is 21.0. The van der Waals surface area contributed by atoms with Gasteiger partial charge in [-0.2, -0.15) is 0 Å². The van der Waals surface area contributed by atoms with Crippen molar-refractivity contribution in [1.82, 2.24) is 19.6 Å². The van der Waals surface area contributed by atoms with E-state index in [9.17, 15) is 8.42 Å². The second-order valence-corrected chi connectivity index (χ2v) is 6.61. The van der Waals surface area contributed by atoms with Crippen LogP contribution >= 0.6 is 0 Å². The van der Waals surface area contributed by atoms with Crippen LogP contribution < -0.4 is 10.0 Å². The highest BCUT2D eigenvalue weighted by Gasteiger charge is 2.26. The SMILES string of the molecule is O=S(=O)(NCCCn1ccnc1)C1CCCNC1. The number of hydrogen-bond donors (Lipinski definition) is 2. The van der Waals surface area contributed by atoms with Crippen LogP contribution in [0.25, 0.3) is 0 Å². The number of nitrogens with one attached hydrogen (secondary N) is 2. The van der Waals surface area contributed by atoms with Crippen molar-refractivity contribution in [3.8, 4) is 0 Å². The molecule has 7 heteroatoms. The molecule has 6 nitrogen and oxygen atoms in total. The Morgan fingerprint density at radius 3 is 3.06 bits per heavy atom. The number of aryl methyl sites for hydroxylation is 1. The molecule has 1 aliphatic heterocycles. The number of sulfonamides is 1. The molecule has 2 heterocycles. The second kappa shape index (κ2) is 6.31. The van der Waals surface area contributed by atoms with E-state index in [1.807, 2.05) is 10.8 Å². The lowest BCUT2D eigenvalue weighted by Crippen LogP contribution is -2.44. The summed E-state index contributed by atoms with van der Waals surface area (Å²) in [6, 6.07) is 0. The van der Waals surface area contributed by atoms with E-state index in [0.717, 1.165) is 32.4 Å². The van der Waals surface area contributed by atoms with Gasteiger partial charge in [0.05, 0.1) is 11.6 Å². The summed E-state index contributed by atoms with van der Waals surface area (Å²) in [6.45, 7) is 2.76. The van der Waals surface area contributed by atoms with Crippen LogP contribution in [0.5, 0.6) is 0 Å². The fourth-order valence-electron chi connectivity index (χ4n) is 2.10. The highest BCUT2D eigenvalue weighted by Crippen LogP contribution is 2.10. The summed E-state index contributed by atoms with van der Waals surface area (Å²) in [4.78, 5) is 3.94. The lowest BCUT2D eigenvalue weighted by Gasteiger charge is -2.23. The average Bonchev–Trinajstić information content (AvgIpc) is 2.89. The minimum Gasteiger partial charge on any atom is -0.337 e. The molecule has 1 aliphatic rings. The predicted octanol–water partition coefficient (Wildman–Crippen LogP) is -0.0554. The molecule has 1 saturated heterocycles. The van der Waals surface area contributed by atoms with Gasteiger partial charge in [0.2, 0.25) is 10.0 Å². The number of rotatable bonds is 6. The van der Waals surface area contributed by atoms with E-state index in [1.165, 1.54) is 0 Å². The van der Waals surface area contributed by atoms with Crippen molar-refractivity contribution in [2.24, 2.45) is 0 Å². The van der Waals surface area contributed by atoms with Gasteiger partial charge in [0.15, 0.2) is 0 Å². The molecule has 102 valence electrons. The maximum absolute atomic E-state index is 12.0. The first kappa shape index (κ1) is 13.5. The summed E-state index contributed by atoms with van der Waals surface area (Å²) in [7, 11) is -3.16. The Bertz CT molecular complexity index is 438. The molecule has 0 bridgehead atoms. The molecule has 2 rings (SSSR count). The minimum absolute atomic E-state index is 0.278. The zero-order chi connectivity index (χ0) is 12.8. The van der Waals surface area contributed by atoms with Crippen LogP contribution in [-0.2, 0) is 16.6 Å². The fourth-order valence-corrected chi connectivity index (χ4v) is 3.58. The van der Waals surface area contributed by atoms with Crippen LogP contribution in [-0.4, -0.2) is 42.9 Å². The molecule has 0 radical (unpaired) electrons. The molecule has 1 fully saturated rings. The van der Waals surface area contributed by atoms with Crippen LogP contribution in [0.2, 0.25) is 0 Å². The molecule has 1 atom stereocenters. The summed E-state index contributed by atoms with van der Waals surface area (Å²) in [5.41, 5.74) is 0. The van der Waals surface area contributed by atoms with Gasteiger partial charge in [-0.1, -0.05) is 0 Å². The first-order valence-electron chi connectivity index (χ1n) is 6.33. The lowest BCUT2D eigenvalue weighted by atomic mass is 10.2. The molecule has 0 saturated carbocycles. The largest absolute Gasteiger partial charge is 0.337 e. The van der Waals surface area contributed by atoms with E-state index < -0.39 is 10.0 Å². The zero-order valence-corrected chi connectivity index (χ0v) is 11.2. The maximum atomic E-state index is 12.0. The third-order valence-corrected chi connectivity index (χ3v) is 5.03. The van der Waals surface area contributed by atoms with Crippen molar-refractivity contribution in [1.29, 1.82) is 0 Å². The van der Waals surface area contributed by atoms with Gasteiger partial charge in [-0.3, -0.25) is 0 Å². The first-order chi connectivity index (χ1) is 8.68. The van der Waals surface area contributed by atoms with Gasteiger partial charge in [0.1, 0.15) is 0 Å². The van der Waals surface area contributed by atoms with E-state index in [4.69, 9.17) is 0 Å². The molecule has 1 aromatic rings.